The highest BCUT2D eigenvalue weighted by Gasteiger charge is 2.13. The van der Waals surface area contributed by atoms with Gasteiger partial charge in [-0.3, -0.25) is 4.79 Å². The Morgan fingerprint density at radius 2 is 1.93 bits per heavy atom. The van der Waals surface area contributed by atoms with E-state index in [1.165, 1.54) is 11.8 Å². The Kier molecular flexibility index (Phi) is 9.17. The minimum absolute atomic E-state index is 0.177. The topological polar surface area (TPSA) is 59.9 Å². The first-order valence-corrected chi connectivity index (χ1v) is 10.4. The summed E-state index contributed by atoms with van der Waals surface area (Å²) in [5.41, 5.74) is 3.39. The Hall–Kier alpha value is -2.18. The minimum atomic E-state index is -0.290. The molecule has 0 aliphatic rings. The zero-order chi connectivity index (χ0) is 20.4. The predicted molar refractivity (Wildman–Crippen MR) is 116 cm³/mol. The van der Waals surface area contributed by atoms with Crippen molar-refractivity contribution < 1.29 is 14.3 Å². The number of halogens is 1. The molecule has 0 heterocycles. The number of hydrogen-bond acceptors (Lipinski definition) is 5. The van der Waals surface area contributed by atoms with Crippen molar-refractivity contribution in [3.8, 4) is 11.5 Å². The van der Waals surface area contributed by atoms with Crippen LogP contribution in [-0.2, 0) is 4.79 Å². The zero-order valence-electron chi connectivity index (χ0n) is 16.3. The molecule has 2 aromatic carbocycles. The fraction of sp³-hybridized carbons (Fsp3) is 0.333. The molecule has 2 aromatic rings. The number of thioether (sulfide) groups is 1. The minimum Gasteiger partial charge on any atom is -0.490 e. The van der Waals surface area contributed by atoms with Crippen molar-refractivity contribution in [1.82, 2.24) is 5.43 Å². The van der Waals surface area contributed by atoms with Gasteiger partial charge < -0.3 is 9.47 Å². The van der Waals surface area contributed by atoms with Gasteiger partial charge in [0.1, 0.15) is 0 Å². The fourth-order valence-electron chi connectivity index (χ4n) is 2.24. The quantitative estimate of drug-likeness (QED) is 0.327. The first kappa shape index (κ1) is 22.1. The van der Waals surface area contributed by atoms with Gasteiger partial charge in [0.05, 0.1) is 24.7 Å². The normalized spacial score (nSPS) is 12.0. The number of carbonyl (C=O) groups is 1. The summed E-state index contributed by atoms with van der Waals surface area (Å²) in [5, 5.41) is 4.44. The second kappa shape index (κ2) is 11.6. The van der Waals surface area contributed by atoms with Gasteiger partial charge in [0.25, 0.3) is 5.91 Å². The lowest BCUT2D eigenvalue weighted by Gasteiger charge is -2.12. The lowest BCUT2D eigenvalue weighted by molar-refractivity contribution is -0.120. The van der Waals surface area contributed by atoms with Crippen molar-refractivity contribution in [2.75, 3.05) is 13.2 Å². The highest BCUT2D eigenvalue weighted by atomic mass is 35.5. The molecule has 5 nitrogen and oxygen atoms in total. The molecule has 0 saturated heterocycles. The van der Waals surface area contributed by atoms with E-state index in [-0.39, 0.29) is 11.2 Å². The Labute approximate surface area is 175 Å². The van der Waals surface area contributed by atoms with Crippen LogP contribution in [0.15, 0.2) is 52.5 Å². The standard InChI is InChI=1S/C21H25ClN2O3S/c1-4-12-27-19-11-6-16(13-20(19)26-5-2)14-23-24-21(25)15(3)28-18-9-7-17(22)8-10-18/h6-11,13-15H,4-5,12H2,1-3H3,(H,24,25)/b23-14-/t15-/m0/s1. The molecule has 0 fully saturated rings. The highest BCUT2D eigenvalue weighted by molar-refractivity contribution is 8.00. The van der Waals surface area contributed by atoms with Gasteiger partial charge in [-0.1, -0.05) is 18.5 Å². The number of amides is 1. The molecule has 0 radical (unpaired) electrons. The van der Waals surface area contributed by atoms with Gasteiger partial charge in [-0.2, -0.15) is 5.10 Å². The number of carbonyl (C=O) groups excluding carboxylic acids is 1. The van der Waals surface area contributed by atoms with Crippen LogP contribution in [0.5, 0.6) is 11.5 Å². The number of hydrogen-bond donors (Lipinski definition) is 1. The molecule has 1 atom stereocenters. The molecule has 0 aliphatic heterocycles. The van der Waals surface area contributed by atoms with E-state index < -0.39 is 0 Å². The second-order valence-electron chi connectivity index (χ2n) is 5.94. The molecular formula is C21H25ClN2O3S. The van der Waals surface area contributed by atoms with Crippen LogP contribution in [0.4, 0.5) is 0 Å². The molecule has 0 bridgehead atoms. The van der Waals surface area contributed by atoms with Gasteiger partial charge in [0, 0.05) is 9.92 Å². The first-order chi connectivity index (χ1) is 13.5. The van der Waals surface area contributed by atoms with Gasteiger partial charge in [0.15, 0.2) is 11.5 Å². The third kappa shape index (κ3) is 7.09. The van der Waals surface area contributed by atoms with Gasteiger partial charge in [0.2, 0.25) is 0 Å². The summed E-state index contributed by atoms with van der Waals surface area (Å²) in [6.45, 7) is 6.98. The lowest BCUT2D eigenvalue weighted by Crippen LogP contribution is -2.26. The maximum Gasteiger partial charge on any atom is 0.253 e. The lowest BCUT2D eigenvalue weighted by atomic mass is 10.2. The molecule has 0 saturated carbocycles. The molecule has 0 spiro atoms. The van der Waals surface area contributed by atoms with Crippen molar-refractivity contribution in [1.29, 1.82) is 0 Å². The summed E-state index contributed by atoms with van der Waals surface area (Å²) in [6, 6.07) is 12.9. The van der Waals surface area contributed by atoms with E-state index >= 15 is 0 Å². The monoisotopic (exact) mass is 420 g/mol. The van der Waals surface area contributed by atoms with Crippen LogP contribution >= 0.6 is 23.4 Å². The van der Waals surface area contributed by atoms with Crippen LogP contribution in [0.2, 0.25) is 5.02 Å². The number of nitrogens with one attached hydrogen (secondary N) is 1. The van der Waals surface area contributed by atoms with Gasteiger partial charge >= 0.3 is 0 Å². The van der Waals surface area contributed by atoms with Crippen molar-refractivity contribution in [2.45, 2.75) is 37.3 Å². The molecule has 7 heteroatoms. The molecule has 0 aromatic heterocycles. The number of benzene rings is 2. The molecule has 0 aliphatic carbocycles. The number of rotatable bonds is 10. The van der Waals surface area contributed by atoms with E-state index in [9.17, 15) is 4.79 Å². The maximum absolute atomic E-state index is 12.2. The summed E-state index contributed by atoms with van der Waals surface area (Å²) in [6.07, 6.45) is 2.51. The predicted octanol–water partition coefficient (Wildman–Crippen LogP) is 5.16. The molecule has 28 heavy (non-hydrogen) atoms. The second-order valence-corrected chi connectivity index (χ2v) is 7.79. The number of nitrogens with zero attached hydrogens (tertiary/aromatic N) is 1. The van der Waals surface area contributed by atoms with E-state index in [1.54, 1.807) is 18.3 Å². The molecule has 150 valence electrons. The smallest absolute Gasteiger partial charge is 0.253 e. The molecular weight excluding hydrogens is 396 g/mol. The Balaban J connectivity index is 1.94. The SMILES string of the molecule is CCCOc1ccc(/C=N\NC(=O)[C@H](C)Sc2ccc(Cl)cc2)cc1OCC. The van der Waals surface area contributed by atoms with E-state index in [4.69, 9.17) is 21.1 Å². The molecule has 1 N–H and O–H groups in total. The van der Waals surface area contributed by atoms with Crippen molar-refractivity contribution in [3.63, 3.8) is 0 Å². The van der Waals surface area contributed by atoms with Crippen molar-refractivity contribution in [3.05, 3.63) is 53.1 Å². The van der Waals surface area contributed by atoms with Crippen LogP contribution in [0, 0.1) is 0 Å². The first-order valence-electron chi connectivity index (χ1n) is 9.18. The summed E-state index contributed by atoms with van der Waals surface area (Å²) in [7, 11) is 0. The third-order valence-electron chi connectivity index (χ3n) is 3.61. The van der Waals surface area contributed by atoms with Crippen molar-refractivity contribution >= 4 is 35.5 Å². The largest absolute Gasteiger partial charge is 0.490 e. The average Bonchev–Trinajstić information content (AvgIpc) is 2.69. The highest BCUT2D eigenvalue weighted by Crippen LogP contribution is 2.28. The maximum atomic E-state index is 12.2. The van der Waals surface area contributed by atoms with Crippen LogP contribution in [0.25, 0.3) is 0 Å². The van der Waals surface area contributed by atoms with Crippen LogP contribution in [-0.4, -0.2) is 30.6 Å². The van der Waals surface area contributed by atoms with Gasteiger partial charge in [-0.25, -0.2) is 5.43 Å². The molecule has 0 unspecified atom stereocenters. The zero-order valence-corrected chi connectivity index (χ0v) is 17.8. The van der Waals surface area contributed by atoms with Gasteiger partial charge in [-0.05, 0) is 68.3 Å². The van der Waals surface area contributed by atoms with Gasteiger partial charge in [-0.15, -0.1) is 11.8 Å². The van der Waals surface area contributed by atoms with Crippen LogP contribution in [0.1, 0.15) is 32.8 Å². The third-order valence-corrected chi connectivity index (χ3v) is 4.98. The Morgan fingerprint density at radius 3 is 2.61 bits per heavy atom. The summed E-state index contributed by atoms with van der Waals surface area (Å²) >= 11 is 7.32. The summed E-state index contributed by atoms with van der Waals surface area (Å²) < 4.78 is 11.3. The van der Waals surface area contributed by atoms with Crippen LogP contribution < -0.4 is 14.9 Å². The van der Waals surface area contributed by atoms with E-state index in [0.29, 0.717) is 29.7 Å². The summed E-state index contributed by atoms with van der Waals surface area (Å²) in [5.74, 6) is 1.19. The number of ether oxygens (including phenoxy) is 2. The Bertz CT molecular complexity index is 797. The average molecular weight is 421 g/mol. The molecule has 2 rings (SSSR count). The van der Waals surface area contributed by atoms with Crippen LogP contribution in [0.3, 0.4) is 0 Å². The molecule has 1 amide bonds. The van der Waals surface area contributed by atoms with E-state index in [1.807, 2.05) is 44.2 Å². The summed E-state index contributed by atoms with van der Waals surface area (Å²) in [4.78, 5) is 13.2. The van der Waals surface area contributed by atoms with E-state index in [2.05, 4.69) is 17.5 Å². The van der Waals surface area contributed by atoms with Crippen molar-refractivity contribution in [2.24, 2.45) is 5.10 Å². The number of hydrazone groups is 1. The van der Waals surface area contributed by atoms with E-state index in [0.717, 1.165) is 16.9 Å². The Morgan fingerprint density at radius 1 is 1.18 bits per heavy atom. The fourth-order valence-corrected chi connectivity index (χ4v) is 3.22.